The van der Waals surface area contributed by atoms with E-state index in [1.54, 1.807) is 15.6 Å². The standard InChI is InChI=1S/C31H35BrClN5O6S/c1-4-12-43-29(40)26-19(3)34-30-35-31(45-18-20-8-6-7-9-23(20)33)36-38(30)27(26)21-15-22(32)28(24(16-21)42-5-2)44-17-25(39)37-10-13-41-14-11-37/h6-9,15-16,27H,4-5,10-14,17-18H2,1-3H3,(H,34,35,36). The lowest BCUT2D eigenvalue weighted by atomic mass is 9.95. The average molecular weight is 721 g/mol. The number of morpholine rings is 1. The van der Waals surface area contributed by atoms with E-state index in [9.17, 15) is 9.59 Å². The maximum absolute atomic E-state index is 13.5. The molecule has 5 rings (SSSR count). The van der Waals surface area contributed by atoms with Gasteiger partial charge in [0, 0.05) is 29.6 Å². The fourth-order valence-corrected chi connectivity index (χ4v) is 6.67. The summed E-state index contributed by atoms with van der Waals surface area (Å²) in [6.45, 7) is 8.17. The minimum absolute atomic E-state index is 0.135. The van der Waals surface area contributed by atoms with Crippen molar-refractivity contribution in [3.63, 3.8) is 0 Å². The molecular weight excluding hydrogens is 686 g/mol. The molecule has 1 amide bonds. The maximum Gasteiger partial charge on any atom is 0.338 e. The van der Waals surface area contributed by atoms with Crippen LogP contribution in [0.5, 0.6) is 11.5 Å². The van der Waals surface area contributed by atoms with Crippen molar-refractivity contribution in [2.75, 3.05) is 51.4 Å². The summed E-state index contributed by atoms with van der Waals surface area (Å²) in [6.07, 6.45) is 0.683. The minimum Gasteiger partial charge on any atom is -0.490 e. The third-order valence-corrected chi connectivity index (χ3v) is 9.00. The molecule has 1 N–H and O–H groups in total. The molecule has 1 saturated heterocycles. The van der Waals surface area contributed by atoms with Crippen molar-refractivity contribution in [3.05, 3.63) is 68.3 Å². The molecule has 0 bridgehead atoms. The van der Waals surface area contributed by atoms with Gasteiger partial charge in [-0.15, -0.1) is 5.10 Å². The molecule has 0 aliphatic carbocycles. The highest BCUT2D eigenvalue weighted by molar-refractivity contribution is 9.10. The van der Waals surface area contributed by atoms with E-state index in [1.807, 2.05) is 51.1 Å². The SMILES string of the molecule is CCCOC(=O)C1=C(C)Nc2nc(SCc3ccccc3Cl)nn2C1c1cc(Br)c(OCC(=O)N2CCOCC2)c(OCC)c1. The largest absolute Gasteiger partial charge is 0.490 e. The van der Waals surface area contributed by atoms with Crippen molar-refractivity contribution in [2.45, 2.75) is 44.1 Å². The van der Waals surface area contributed by atoms with Crippen LogP contribution in [0.3, 0.4) is 0 Å². The van der Waals surface area contributed by atoms with E-state index in [-0.39, 0.29) is 19.1 Å². The second-order valence-corrected chi connectivity index (χ2v) is 12.5. The number of fused-ring (bicyclic) bond motifs is 1. The first-order chi connectivity index (χ1) is 21.8. The molecule has 0 saturated carbocycles. The molecule has 2 aromatic carbocycles. The molecule has 2 aliphatic heterocycles. The molecule has 1 atom stereocenters. The number of halogens is 2. The molecular formula is C31H35BrClN5O6S. The Kier molecular flexibility index (Phi) is 11.3. The Balaban J connectivity index is 1.49. The monoisotopic (exact) mass is 719 g/mol. The smallest absolute Gasteiger partial charge is 0.338 e. The number of aromatic nitrogens is 3. The van der Waals surface area contributed by atoms with Gasteiger partial charge in [-0.25, -0.2) is 9.48 Å². The number of esters is 1. The number of carbonyl (C=O) groups is 2. The van der Waals surface area contributed by atoms with Crippen LogP contribution < -0.4 is 14.8 Å². The van der Waals surface area contributed by atoms with Crippen molar-refractivity contribution < 1.29 is 28.5 Å². The van der Waals surface area contributed by atoms with Crippen LogP contribution in [0.15, 0.2) is 57.3 Å². The molecule has 3 heterocycles. The zero-order valence-electron chi connectivity index (χ0n) is 25.3. The van der Waals surface area contributed by atoms with Crippen LogP contribution in [-0.2, 0) is 24.8 Å². The number of ether oxygens (including phenoxy) is 4. The van der Waals surface area contributed by atoms with Gasteiger partial charge in [-0.05, 0) is 65.5 Å². The number of nitrogens with one attached hydrogen (secondary N) is 1. The summed E-state index contributed by atoms with van der Waals surface area (Å²) in [5.41, 5.74) is 2.66. The van der Waals surface area contributed by atoms with Gasteiger partial charge < -0.3 is 29.2 Å². The highest BCUT2D eigenvalue weighted by atomic mass is 79.9. The summed E-state index contributed by atoms with van der Waals surface area (Å²) in [4.78, 5) is 32.7. The number of thioether (sulfide) groups is 1. The van der Waals surface area contributed by atoms with Gasteiger partial charge in [0.2, 0.25) is 11.1 Å². The molecule has 11 nitrogen and oxygen atoms in total. The van der Waals surface area contributed by atoms with Crippen molar-refractivity contribution >= 4 is 57.1 Å². The number of anilines is 1. The first-order valence-electron chi connectivity index (χ1n) is 14.7. The second kappa shape index (κ2) is 15.4. The van der Waals surface area contributed by atoms with E-state index in [4.69, 9.17) is 40.6 Å². The topological polar surface area (TPSA) is 117 Å². The van der Waals surface area contributed by atoms with Crippen LogP contribution in [0, 0.1) is 0 Å². The Labute approximate surface area is 279 Å². The summed E-state index contributed by atoms with van der Waals surface area (Å²) < 4.78 is 25.2. The van der Waals surface area contributed by atoms with Gasteiger partial charge in [-0.2, -0.15) is 4.98 Å². The van der Waals surface area contributed by atoms with Gasteiger partial charge in [-0.3, -0.25) is 4.79 Å². The summed E-state index contributed by atoms with van der Waals surface area (Å²) in [6, 6.07) is 10.6. The summed E-state index contributed by atoms with van der Waals surface area (Å²) in [5.74, 6) is 1.27. The summed E-state index contributed by atoms with van der Waals surface area (Å²) in [5, 5.41) is 9.24. The zero-order valence-corrected chi connectivity index (χ0v) is 28.5. The molecule has 2 aliphatic rings. The molecule has 1 unspecified atom stereocenters. The first kappa shape index (κ1) is 33.1. The molecule has 240 valence electrons. The van der Waals surface area contributed by atoms with E-state index < -0.39 is 12.0 Å². The Hall–Kier alpha value is -3.26. The highest BCUT2D eigenvalue weighted by Crippen LogP contribution is 2.43. The lowest BCUT2D eigenvalue weighted by Crippen LogP contribution is -2.43. The van der Waals surface area contributed by atoms with Crippen LogP contribution in [0.4, 0.5) is 5.95 Å². The molecule has 14 heteroatoms. The third kappa shape index (κ3) is 7.76. The van der Waals surface area contributed by atoms with E-state index in [1.165, 1.54) is 11.8 Å². The maximum atomic E-state index is 13.5. The van der Waals surface area contributed by atoms with Crippen molar-refractivity contribution in [1.82, 2.24) is 19.7 Å². The predicted molar refractivity (Wildman–Crippen MR) is 175 cm³/mol. The number of benzene rings is 2. The second-order valence-electron chi connectivity index (χ2n) is 10.3. The fraction of sp³-hybridized carbons (Fsp3) is 0.419. The molecule has 3 aromatic rings. The zero-order chi connectivity index (χ0) is 31.9. The number of rotatable bonds is 12. The molecule has 45 heavy (non-hydrogen) atoms. The van der Waals surface area contributed by atoms with Gasteiger partial charge in [0.05, 0.1) is 36.5 Å². The van der Waals surface area contributed by atoms with Crippen LogP contribution in [0.25, 0.3) is 0 Å². The van der Waals surface area contributed by atoms with E-state index in [0.29, 0.717) is 94.0 Å². The summed E-state index contributed by atoms with van der Waals surface area (Å²) >= 11 is 11.5. The van der Waals surface area contributed by atoms with Gasteiger partial charge >= 0.3 is 5.97 Å². The van der Waals surface area contributed by atoms with Crippen molar-refractivity contribution in [2.24, 2.45) is 0 Å². The van der Waals surface area contributed by atoms with Gasteiger partial charge in [-0.1, -0.05) is 48.5 Å². The van der Waals surface area contributed by atoms with Crippen molar-refractivity contribution in [3.8, 4) is 11.5 Å². The van der Waals surface area contributed by atoms with Gasteiger partial charge in [0.25, 0.3) is 5.91 Å². The average Bonchev–Trinajstić information content (AvgIpc) is 3.44. The van der Waals surface area contributed by atoms with Crippen LogP contribution >= 0.6 is 39.3 Å². The molecule has 1 aromatic heterocycles. The van der Waals surface area contributed by atoms with Gasteiger partial charge in [0.15, 0.2) is 18.1 Å². The van der Waals surface area contributed by atoms with Crippen molar-refractivity contribution in [1.29, 1.82) is 0 Å². The van der Waals surface area contributed by atoms with E-state index >= 15 is 0 Å². The highest BCUT2D eigenvalue weighted by Gasteiger charge is 2.36. The van der Waals surface area contributed by atoms with Gasteiger partial charge in [0.1, 0.15) is 6.04 Å². The third-order valence-electron chi connectivity index (χ3n) is 7.16. The number of allylic oxidation sites excluding steroid dienone is 1. The Morgan fingerprint density at radius 3 is 2.69 bits per heavy atom. The number of nitrogens with zero attached hydrogens (tertiary/aromatic N) is 4. The predicted octanol–water partition coefficient (Wildman–Crippen LogP) is 5.86. The molecule has 1 fully saturated rings. The lowest BCUT2D eigenvalue weighted by Gasteiger charge is -2.29. The van der Waals surface area contributed by atoms with Crippen LogP contribution in [0.2, 0.25) is 5.02 Å². The number of hydrogen-bond acceptors (Lipinski definition) is 10. The molecule has 0 radical (unpaired) electrons. The Bertz CT molecular complexity index is 1580. The molecule has 0 spiro atoms. The normalized spacial score (nSPS) is 16.2. The van der Waals surface area contributed by atoms with Crippen LogP contribution in [-0.4, -0.2) is 77.7 Å². The van der Waals surface area contributed by atoms with Crippen LogP contribution in [0.1, 0.15) is 44.4 Å². The number of amides is 1. The Morgan fingerprint density at radius 1 is 1.18 bits per heavy atom. The quantitative estimate of drug-likeness (QED) is 0.180. The number of carbonyl (C=O) groups excluding carboxylic acids is 2. The first-order valence-corrected chi connectivity index (χ1v) is 16.9. The minimum atomic E-state index is -0.688. The fourth-order valence-electron chi connectivity index (χ4n) is 4.98. The summed E-state index contributed by atoms with van der Waals surface area (Å²) in [7, 11) is 0. The van der Waals surface area contributed by atoms with E-state index in [2.05, 4.69) is 21.2 Å². The Morgan fingerprint density at radius 2 is 1.96 bits per heavy atom. The van der Waals surface area contributed by atoms with E-state index in [0.717, 1.165) is 5.56 Å². The lowest BCUT2D eigenvalue weighted by molar-refractivity contribution is -0.139. The number of hydrogen-bond donors (Lipinski definition) is 1.